The molecular formula is C14H18N2O. The standard InChI is InChI=1S/C14H18N2O/c1-10-6-11(2)16(9-10)14-7-13(17-3)5-4-12(14)8-15/h4-5,7,10-11H,6,9H2,1-3H3. The second kappa shape index (κ2) is 4.67. The number of hydrogen-bond acceptors (Lipinski definition) is 3. The summed E-state index contributed by atoms with van der Waals surface area (Å²) in [6, 6.07) is 8.39. The summed E-state index contributed by atoms with van der Waals surface area (Å²) in [5.41, 5.74) is 1.73. The van der Waals surface area contributed by atoms with Crippen LogP contribution < -0.4 is 9.64 Å². The molecule has 1 aliphatic rings. The SMILES string of the molecule is COc1ccc(C#N)c(N2CC(C)CC2C)c1. The zero-order chi connectivity index (χ0) is 12.4. The van der Waals surface area contributed by atoms with Crippen LogP contribution in [0.5, 0.6) is 5.75 Å². The molecule has 1 aliphatic heterocycles. The Morgan fingerprint density at radius 1 is 1.41 bits per heavy atom. The van der Waals surface area contributed by atoms with Crippen LogP contribution in [0.25, 0.3) is 0 Å². The van der Waals surface area contributed by atoms with Gasteiger partial charge in [0.25, 0.3) is 0 Å². The van der Waals surface area contributed by atoms with Crippen LogP contribution in [-0.2, 0) is 0 Å². The number of methoxy groups -OCH3 is 1. The molecule has 0 radical (unpaired) electrons. The molecule has 0 N–H and O–H groups in total. The predicted molar refractivity (Wildman–Crippen MR) is 68.3 cm³/mol. The van der Waals surface area contributed by atoms with Gasteiger partial charge in [0, 0.05) is 18.7 Å². The van der Waals surface area contributed by atoms with Crippen molar-refractivity contribution < 1.29 is 4.74 Å². The third kappa shape index (κ3) is 2.21. The summed E-state index contributed by atoms with van der Waals surface area (Å²) < 4.78 is 5.24. The van der Waals surface area contributed by atoms with Crippen LogP contribution in [0.15, 0.2) is 18.2 Å². The zero-order valence-corrected chi connectivity index (χ0v) is 10.6. The minimum Gasteiger partial charge on any atom is -0.497 e. The lowest BCUT2D eigenvalue weighted by molar-refractivity contribution is 0.414. The smallest absolute Gasteiger partial charge is 0.121 e. The van der Waals surface area contributed by atoms with Gasteiger partial charge in [0.05, 0.1) is 18.4 Å². The molecule has 3 nitrogen and oxygen atoms in total. The van der Waals surface area contributed by atoms with Crippen molar-refractivity contribution in [1.29, 1.82) is 5.26 Å². The first-order chi connectivity index (χ1) is 8.15. The minimum atomic E-state index is 0.490. The minimum absolute atomic E-state index is 0.490. The maximum atomic E-state index is 9.18. The van der Waals surface area contributed by atoms with E-state index in [2.05, 4.69) is 24.8 Å². The molecule has 3 heteroatoms. The van der Waals surface area contributed by atoms with Crippen LogP contribution >= 0.6 is 0 Å². The van der Waals surface area contributed by atoms with Crippen molar-refractivity contribution in [2.24, 2.45) is 5.92 Å². The average molecular weight is 230 g/mol. The van der Waals surface area contributed by atoms with Crippen molar-refractivity contribution in [2.45, 2.75) is 26.3 Å². The molecule has 1 saturated heterocycles. The Morgan fingerprint density at radius 2 is 2.18 bits per heavy atom. The van der Waals surface area contributed by atoms with Gasteiger partial charge in [-0.3, -0.25) is 0 Å². The molecular weight excluding hydrogens is 212 g/mol. The van der Waals surface area contributed by atoms with Crippen molar-refractivity contribution >= 4 is 5.69 Å². The molecule has 0 aliphatic carbocycles. The molecule has 90 valence electrons. The molecule has 0 amide bonds. The van der Waals surface area contributed by atoms with Crippen molar-refractivity contribution in [3.63, 3.8) is 0 Å². The van der Waals surface area contributed by atoms with E-state index in [1.54, 1.807) is 7.11 Å². The van der Waals surface area contributed by atoms with Gasteiger partial charge in [0.15, 0.2) is 0 Å². The van der Waals surface area contributed by atoms with Gasteiger partial charge in [-0.05, 0) is 31.4 Å². The second-order valence-electron chi connectivity index (χ2n) is 4.84. The number of nitrogens with zero attached hydrogens (tertiary/aromatic N) is 2. The van der Waals surface area contributed by atoms with Gasteiger partial charge >= 0.3 is 0 Å². The third-order valence-corrected chi connectivity index (χ3v) is 3.42. The Kier molecular flexibility index (Phi) is 3.23. The van der Waals surface area contributed by atoms with Gasteiger partial charge in [-0.1, -0.05) is 6.92 Å². The summed E-state index contributed by atoms with van der Waals surface area (Å²) in [7, 11) is 1.65. The molecule has 17 heavy (non-hydrogen) atoms. The maximum absolute atomic E-state index is 9.18. The third-order valence-electron chi connectivity index (χ3n) is 3.42. The molecule has 1 aromatic carbocycles. The Hall–Kier alpha value is -1.69. The summed E-state index contributed by atoms with van der Waals surface area (Å²) in [5, 5.41) is 9.18. The Morgan fingerprint density at radius 3 is 2.71 bits per heavy atom. The van der Waals surface area contributed by atoms with Crippen LogP contribution in [0.2, 0.25) is 0 Å². The second-order valence-corrected chi connectivity index (χ2v) is 4.84. The van der Waals surface area contributed by atoms with E-state index < -0.39 is 0 Å². The fourth-order valence-corrected chi connectivity index (χ4v) is 2.61. The fraction of sp³-hybridized carbons (Fsp3) is 0.500. The largest absolute Gasteiger partial charge is 0.497 e. The number of rotatable bonds is 2. The summed E-state index contributed by atoms with van der Waals surface area (Å²) in [6.45, 7) is 5.48. The van der Waals surface area contributed by atoms with Crippen LogP contribution in [0.1, 0.15) is 25.8 Å². The number of nitriles is 1. The van der Waals surface area contributed by atoms with Crippen molar-refractivity contribution in [3.05, 3.63) is 23.8 Å². The van der Waals surface area contributed by atoms with Crippen molar-refractivity contribution in [1.82, 2.24) is 0 Å². The van der Waals surface area contributed by atoms with Crippen molar-refractivity contribution in [2.75, 3.05) is 18.6 Å². The first-order valence-corrected chi connectivity index (χ1v) is 6.00. The van der Waals surface area contributed by atoms with E-state index >= 15 is 0 Å². The number of benzene rings is 1. The van der Waals surface area contributed by atoms with Crippen LogP contribution in [0.4, 0.5) is 5.69 Å². The van der Waals surface area contributed by atoms with E-state index in [9.17, 15) is 5.26 Å². The molecule has 0 aromatic heterocycles. The topological polar surface area (TPSA) is 36.3 Å². The fourth-order valence-electron chi connectivity index (χ4n) is 2.61. The number of anilines is 1. The van der Waals surface area contributed by atoms with E-state index in [4.69, 9.17) is 4.74 Å². The van der Waals surface area contributed by atoms with E-state index in [-0.39, 0.29) is 0 Å². The summed E-state index contributed by atoms with van der Waals surface area (Å²) in [5.74, 6) is 1.49. The van der Waals surface area contributed by atoms with Gasteiger partial charge in [0.2, 0.25) is 0 Å². The first kappa shape index (κ1) is 11.8. The molecule has 2 unspecified atom stereocenters. The molecule has 1 aromatic rings. The van der Waals surface area contributed by atoms with Gasteiger partial charge in [-0.2, -0.15) is 5.26 Å². The van der Waals surface area contributed by atoms with E-state index in [0.29, 0.717) is 12.0 Å². The highest BCUT2D eigenvalue weighted by Crippen LogP contribution is 2.33. The summed E-state index contributed by atoms with van der Waals surface area (Å²) in [6.07, 6.45) is 1.18. The Labute approximate surface area is 103 Å². The monoisotopic (exact) mass is 230 g/mol. The number of hydrogen-bond donors (Lipinski definition) is 0. The van der Waals surface area contributed by atoms with Crippen LogP contribution in [0.3, 0.4) is 0 Å². The highest BCUT2D eigenvalue weighted by molar-refractivity contribution is 5.63. The predicted octanol–water partition coefficient (Wildman–Crippen LogP) is 2.80. The Balaban J connectivity index is 2.39. The van der Waals surface area contributed by atoms with Gasteiger partial charge < -0.3 is 9.64 Å². The average Bonchev–Trinajstić information content (AvgIpc) is 2.67. The normalized spacial score (nSPS) is 23.5. The lowest BCUT2D eigenvalue weighted by atomic mass is 10.1. The molecule has 0 bridgehead atoms. The van der Waals surface area contributed by atoms with Gasteiger partial charge in [-0.25, -0.2) is 0 Å². The molecule has 1 heterocycles. The molecule has 0 saturated carbocycles. The Bertz CT molecular complexity index is 450. The highest BCUT2D eigenvalue weighted by atomic mass is 16.5. The maximum Gasteiger partial charge on any atom is 0.121 e. The first-order valence-electron chi connectivity index (χ1n) is 6.00. The van der Waals surface area contributed by atoms with Crippen LogP contribution in [0, 0.1) is 17.2 Å². The van der Waals surface area contributed by atoms with E-state index in [1.165, 1.54) is 6.42 Å². The van der Waals surface area contributed by atoms with Gasteiger partial charge in [0.1, 0.15) is 11.8 Å². The molecule has 0 spiro atoms. The lowest BCUT2D eigenvalue weighted by Crippen LogP contribution is -2.27. The molecule has 1 fully saturated rings. The van der Waals surface area contributed by atoms with Crippen LogP contribution in [-0.4, -0.2) is 19.7 Å². The van der Waals surface area contributed by atoms with Gasteiger partial charge in [-0.15, -0.1) is 0 Å². The lowest BCUT2D eigenvalue weighted by Gasteiger charge is -2.25. The van der Waals surface area contributed by atoms with E-state index in [1.807, 2.05) is 18.2 Å². The summed E-state index contributed by atoms with van der Waals surface area (Å²) in [4.78, 5) is 2.31. The summed E-state index contributed by atoms with van der Waals surface area (Å²) >= 11 is 0. The van der Waals surface area contributed by atoms with E-state index in [0.717, 1.165) is 23.5 Å². The number of ether oxygens (including phenoxy) is 1. The molecule has 2 rings (SSSR count). The highest BCUT2D eigenvalue weighted by Gasteiger charge is 2.27. The quantitative estimate of drug-likeness (QED) is 0.783. The molecule has 2 atom stereocenters. The zero-order valence-electron chi connectivity index (χ0n) is 10.6. The van der Waals surface area contributed by atoms with Crippen molar-refractivity contribution in [3.8, 4) is 11.8 Å².